The Hall–Kier alpha value is -1.66. The topological polar surface area (TPSA) is 0 Å². The van der Waals surface area contributed by atoms with E-state index in [9.17, 15) is 0 Å². The van der Waals surface area contributed by atoms with Crippen LogP contribution in [0.1, 0.15) is 38.8 Å². The summed E-state index contributed by atoms with van der Waals surface area (Å²) in [6.45, 7) is 8.98. The second-order valence-corrected chi connectivity index (χ2v) is 11.0. The summed E-state index contributed by atoms with van der Waals surface area (Å²) in [4.78, 5) is 0. The summed E-state index contributed by atoms with van der Waals surface area (Å²) in [5, 5.41) is 0. The number of allylic oxidation sites excluding steroid dienone is 12. The summed E-state index contributed by atoms with van der Waals surface area (Å²) in [7, 11) is 0. The number of rotatable bonds is 4. The molecule has 3 heteroatoms. The van der Waals surface area contributed by atoms with Gasteiger partial charge in [0.05, 0.1) is 0 Å². The molecule has 0 fully saturated rings. The molecule has 0 unspecified atom stereocenters. The van der Waals surface area contributed by atoms with Gasteiger partial charge in [-0.15, -0.1) is 24.8 Å². The SMILES string of the molecule is CC(C)=C1C=CC(c2ccccc2)=[C]1[Zr][C]1=C(c2ccccc2)C=CC1=C(C)C.Cl.Cl. The van der Waals surface area contributed by atoms with Gasteiger partial charge in [-0.1, -0.05) is 0 Å². The van der Waals surface area contributed by atoms with Gasteiger partial charge in [-0.3, -0.25) is 0 Å². The molecule has 0 aromatic heterocycles. The van der Waals surface area contributed by atoms with E-state index in [2.05, 4.69) is 113 Å². The molecule has 2 aromatic rings. The summed E-state index contributed by atoms with van der Waals surface area (Å²) in [6, 6.07) is 21.8. The van der Waals surface area contributed by atoms with Crippen LogP contribution in [0.2, 0.25) is 0 Å². The van der Waals surface area contributed by atoms with E-state index < -0.39 is 23.2 Å². The smallest absolute Gasteiger partial charge is 0.147 e. The molecule has 158 valence electrons. The fraction of sp³-hybridized carbons (Fsp3) is 0.143. The second-order valence-electron chi connectivity index (χ2n) is 7.93. The number of hydrogen-bond acceptors (Lipinski definition) is 0. The Morgan fingerprint density at radius 1 is 0.516 bits per heavy atom. The molecule has 0 saturated carbocycles. The van der Waals surface area contributed by atoms with Crippen LogP contribution in [0.25, 0.3) is 11.1 Å². The molecule has 2 aromatic carbocycles. The first kappa shape index (κ1) is 25.6. The fourth-order valence-electron chi connectivity index (χ4n) is 3.90. The maximum atomic E-state index is 2.33. The minimum atomic E-state index is -1.04. The predicted octanol–water partition coefficient (Wildman–Crippen LogP) is 8.55. The summed E-state index contributed by atoms with van der Waals surface area (Å²) in [6.07, 6.45) is 9.34. The van der Waals surface area contributed by atoms with Crippen molar-refractivity contribution in [3.8, 4) is 0 Å². The number of benzene rings is 2. The van der Waals surface area contributed by atoms with Gasteiger partial charge in [-0.2, -0.15) is 0 Å². The van der Waals surface area contributed by atoms with E-state index in [1.165, 1.54) is 44.6 Å². The third-order valence-corrected chi connectivity index (χ3v) is 9.28. The quantitative estimate of drug-likeness (QED) is 0.374. The molecule has 4 rings (SSSR count). The third kappa shape index (κ3) is 5.40. The Morgan fingerprint density at radius 3 is 1.19 bits per heavy atom. The zero-order valence-corrected chi connectivity index (χ0v) is 22.5. The van der Waals surface area contributed by atoms with Crippen molar-refractivity contribution in [2.75, 3.05) is 0 Å². The van der Waals surface area contributed by atoms with Gasteiger partial charge in [0.2, 0.25) is 0 Å². The first-order valence-electron chi connectivity index (χ1n) is 10.1. The summed E-state index contributed by atoms with van der Waals surface area (Å²) in [5.41, 5.74) is 11.3. The van der Waals surface area contributed by atoms with Crippen molar-refractivity contribution < 1.29 is 23.2 Å². The minimum absolute atomic E-state index is 0. The van der Waals surface area contributed by atoms with E-state index in [1.54, 1.807) is 6.56 Å². The van der Waals surface area contributed by atoms with Gasteiger partial charge in [0.1, 0.15) is 0 Å². The molecule has 0 spiro atoms. The summed E-state index contributed by atoms with van der Waals surface area (Å²) >= 11 is -1.04. The molecule has 0 N–H and O–H groups in total. The standard InChI is InChI=1S/2C14H13.2ClH.Zr/c2*1-11(2)13-8-9-14(10-13)12-6-4-3-5-7-12;;;/h2*3-9H,1-2H3;2*1H;. The van der Waals surface area contributed by atoms with Crippen molar-refractivity contribution in [2.24, 2.45) is 0 Å². The maximum Gasteiger partial charge on any atom is -0.147 e. The van der Waals surface area contributed by atoms with E-state index in [1.807, 2.05) is 0 Å². The predicted molar refractivity (Wildman–Crippen MR) is 136 cm³/mol. The van der Waals surface area contributed by atoms with Gasteiger partial charge in [0, 0.05) is 0 Å². The van der Waals surface area contributed by atoms with E-state index in [4.69, 9.17) is 0 Å². The van der Waals surface area contributed by atoms with Crippen molar-refractivity contribution in [3.63, 3.8) is 0 Å². The van der Waals surface area contributed by atoms with Crippen LogP contribution in [-0.4, -0.2) is 0 Å². The molecular weight excluding hydrogens is 498 g/mol. The fourth-order valence-corrected chi connectivity index (χ4v) is 8.60. The Labute approximate surface area is 210 Å². The van der Waals surface area contributed by atoms with Crippen LogP contribution in [0.3, 0.4) is 0 Å². The van der Waals surface area contributed by atoms with Crippen LogP contribution in [0.15, 0.2) is 114 Å². The monoisotopic (exact) mass is 524 g/mol. The zero-order valence-electron chi connectivity index (χ0n) is 18.4. The van der Waals surface area contributed by atoms with E-state index >= 15 is 0 Å². The second kappa shape index (κ2) is 11.3. The Bertz CT molecular complexity index is 1030. The average Bonchev–Trinajstić information content (AvgIpc) is 3.34. The van der Waals surface area contributed by atoms with E-state index in [0.29, 0.717) is 0 Å². The molecule has 0 nitrogen and oxygen atoms in total. The van der Waals surface area contributed by atoms with Crippen LogP contribution in [-0.2, 0) is 23.2 Å². The van der Waals surface area contributed by atoms with Gasteiger partial charge in [-0.25, -0.2) is 0 Å². The first-order chi connectivity index (χ1) is 14.1. The van der Waals surface area contributed by atoms with Crippen LogP contribution < -0.4 is 0 Å². The van der Waals surface area contributed by atoms with Crippen molar-refractivity contribution >= 4 is 36.0 Å². The Balaban J connectivity index is 0.00000171. The molecule has 2 aliphatic rings. The molecule has 0 bridgehead atoms. The van der Waals surface area contributed by atoms with Crippen LogP contribution in [0.5, 0.6) is 0 Å². The van der Waals surface area contributed by atoms with E-state index in [0.717, 1.165) is 0 Å². The van der Waals surface area contributed by atoms with Crippen LogP contribution in [0.4, 0.5) is 0 Å². The van der Waals surface area contributed by atoms with Crippen molar-refractivity contribution in [2.45, 2.75) is 27.7 Å². The molecule has 0 atom stereocenters. The van der Waals surface area contributed by atoms with Crippen LogP contribution >= 0.6 is 24.8 Å². The van der Waals surface area contributed by atoms with Crippen molar-refractivity contribution in [1.82, 2.24) is 0 Å². The molecule has 0 amide bonds. The van der Waals surface area contributed by atoms with Gasteiger partial charge in [0.25, 0.3) is 0 Å². The van der Waals surface area contributed by atoms with Gasteiger partial charge >= 0.3 is 187 Å². The molecule has 31 heavy (non-hydrogen) atoms. The van der Waals surface area contributed by atoms with Gasteiger partial charge < -0.3 is 0 Å². The Morgan fingerprint density at radius 2 is 0.871 bits per heavy atom. The molecule has 2 aliphatic carbocycles. The number of hydrogen-bond donors (Lipinski definition) is 0. The Kier molecular flexibility index (Phi) is 9.32. The minimum Gasteiger partial charge on any atom is -0.147 e. The molecule has 0 radical (unpaired) electrons. The molecule has 0 aliphatic heterocycles. The van der Waals surface area contributed by atoms with Gasteiger partial charge in [0.15, 0.2) is 0 Å². The third-order valence-electron chi connectivity index (χ3n) is 5.41. The number of halogens is 2. The van der Waals surface area contributed by atoms with Gasteiger partial charge in [-0.05, 0) is 0 Å². The first-order valence-corrected chi connectivity index (χ1v) is 12.6. The van der Waals surface area contributed by atoms with Crippen molar-refractivity contribution in [3.05, 3.63) is 125 Å². The zero-order chi connectivity index (χ0) is 20.4. The molecule has 0 heterocycles. The maximum absolute atomic E-state index is 2.33. The average molecular weight is 527 g/mol. The summed E-state index contributed by atoms with van der Waals surface area (Å²) < 4.78 is 3.20. The molecule has 0 saturated heterocycles. The summed E-state index contributed by atoms with van der Waals surface area (Å²) in [5.74, 6) is 0. The van der Waals surface area contributed by atoms with Crippen molar-refractivity contribution in [1.29, 1.82) is 0 Å². The van der Waals surface area contributed by atoms with Crippen LogP contribution in [0, 0.1) is 0 Å². The largest absolute Gasteiger partial charge is 0.147 e. The normalized spacial score (nSPS) is 14.6. The van der Waals surface area contributed by atoms with E-state index in [-0.39, 0.29) is 24.8 Å². The molecular formula is C28H28Cl2Zr.